The van der Waals surface area contributed by atoms with Crippen LogP contribution in [0, 0.1) is 6.92 Å². The fraction of sp³-hybridized carbons (Fsp3) is 0.351. The lowest BCUT2D eigenvalue weighted by atomic mass is 9.86. The smallest absolute Gasteiger partial charge is 0.287 e. The van der Waals surface area contributed by atoms with E-state index in [-0.39, 0.29) is 35.3 Å². The van der Waals surface area contributed by atoms with Gasteiger partial charge >= 0.3 is 0 Å². The Morgan fingerprint density at radius 3 is 2.48 bits per heavy atom. The maximum Gasteiger partial charge on any atom is 0.287 e. The number of likely N-dealkylation sites (tertiary alicyclic amines) is 2. The predicted octanol–water partition coefficient (Wildman–Crippen LogP) is 6.01. The molecule has 0 aliphatic carbocycles. The summed E-state index contributed by atoms with van der Waals surface area (Å²) in [6, 6.07) is 21.0. The molecule has 3 heterocycles. The van der Waals surface area contributed by atoms with Crippen LogP contribution in [0.15, 0.2) is 82.0 Å². The number of carbonyl (C=O) groups is 3. The number of piperidine rings is 2. The van der Waals surface area contributed by atoms with Gasteiger partial charge in [-0.15, -0.1) is 0 Å². The summed E-state index contributed by atoms with van der Waals surface area (Å²) in [6.07, 6.45) is 4.41. The fourth-order valence-corrected chi connectivity index (χ4v) is 6.74. The minimum absolute atomic E-state index is 0.141. The number of aryl methyl sites for hydroxylation is 1. The summed E-state index contributed by atoms with van der Waals surface area (Å²) in [6.45, 7) is 4.37. The standard InChI is InChI=1S/C37H38ClN3O5/c1-24-9-14-33-30(20-24)32(42)22-34(46-33)36(44)39-31(21-25-10-12-28(38)13-11-25)37(45)40-18-15-26(16-19-40)29-7-3-2-6-27(29)23-41-17-5-4-8-35(41)43/h2-3,6-7,9-14,20,22,26,31H,4-5,8,15-19,21,23H2,1H3,(H,39,44)/t31-/m1/s1. The van der Waals surface area contributed by atoms with Crippen molar-refractivity contribution in [2.24, 2.45) is 0 Å². The monoisotopic (exact) mass is 639 g/mol. The molecule has 2 aliphatic rings. The molecule has 4 aromatic rings. The Balaban J connectivity index is 1.17. The van der Waals surface area contributed by atoms with Gasteiger partial charge < -0.3 is 19.5 Å². The lowest BCUT2D eigenvalue weighted by Crippen LogP contribution is -2.51. The van der Waals surface area contributed by atoms with Gasteiger partial charge in [-0.1, -0.05) is 59.6 Å². The first-order chi connectivity index (χ1) is 22.2. The molecule has 2 aliphatic heterocycles. The van der Waals surface area contributed by atoms with Crippen molar-refractivity contribution in [3.05, 3.63) is 116 Å². The molecule has 3 amide bonds. The van der Waals surface area contributed by atoms with Crippen LogP contribution in [0.4, 0.5) is 0 Å². The second-order valence-electron chi connectivity index (χ2n) is 12.4. The summed E-state index contributed by atoms with van der Waals surface area (Å²) in [4.78, 5) is 56.5. The summed E-state index contributed by atoms with van der Waals surface area (Å²) in [5.41, 5.74) is 4.16. The van der Waals surface area contributed by atoms with Gasteiger partial charge in [-0.25, -0.2) is 0 Å². The van der Waals surface area contributed by atoms with Crippen molar-refractivity contribution >= 4 is 40.3 Å². The number of amides is 3. The number of hydrogen-bond acceptors (Lipinski definition) is 5. The molecule has 1 atom stereocenters. The van der Waals surface area contributed by atoms with Gasteiger partial charge in [0, 0.05) is 50.1 Å². The van der Waals surface area contributed by atoms with Crippen LogP contribution in [0.2, 0.25) is 5.02 Å². The Hall–Kier alpha value is -4.43. The van der Waals surface area contributed by atoms with E-state index in [4.69, 9.17) is 16.0 Å². The van der Waals surface area contributed by atoms with Crippen LogP contribution >= 0.6 is 11.6 Å². The minimum Gasteiger partial charge on any atom is -0.451 e. The molecule has 0 spiro atoms. The SMILES string of the molecule is Cc1ccc2oc(C(=O)N[C@H](Cc3ccc(Cl)cc3)C(=O)N3CCC(c4ccccc4CN4CCCCC4=O)CC3)cc(=O)c2c1. The maximum absolute atomic E-state index is 14.0. The van der Waals surface area contributed by atoms with E-state index in [0.717, 1.165) is 43.4 Å². The molecular formula is C37H38ClN3O5. The Kier molecular flexibility index (Phi) is 9.54. The summed E-state index contributed by atoms with van der Waals surface area (Å²) < 4.78 is 5.81. The summed E-state index contributed by atoms with van der Waals surface area (Å²) in [5.74, 6) is -0.471. The van der Waals surface area contributed by atoms with E-state index < -0.39 is 11.9 Å². The Morgan fingerprint density at radius 2 is 1.72 bits per heavy atom. The molecule has 1 N–H and O–H groups in total. The zero-order valence-corrected chi connectivity index (χ0v) is 26.7. The molecule has 0 radical (unpaired) electrons. The van der Waals surface area contributed by atoms with Crippen LogP contribution in [0.5, 0.6) is 0 Å². The summed E-state index contributed by atoms with van der Waals surface area (Å²) >= 11 is 6.10. The van der Waals surface area contributed by atoms with E-state index >= 15 is 0 Å². The minimum atomic E-state index is -0.873. The van der Waals surface area contributed by atoms with Crippen LogP contribution in [-0.2, 0) is 22.6 Å². The van der Waals surface area contributed by atoms with Crippen molar-refractivity contribution in [1.82, 2.24) is 15.1 Å². The van der Waals surface area contributed by atoms with Crippen LogP contribution in [0.1, 0.15) is 70.8 Å². The number of hydrogen-bond donors (Lipinski definition) is 1. The maximum atomic E-state index is 14.0. The topological polar surface area (TPSA) is 99.9 Å². The fourth-order valence-electron chi connectivity index (χ4n) is 6.61. The normalized spacial score (nSPS) is 16.4. The number of benzene rings is 3. The first-order valence-corrected chi connectivity index (χ1v) is 16.4. The quantitative estimate of drug-likeness (QED) is 0.254. The third-order valence-electron chi connectivity index (χ3n) is 9.15. The molecule has 8 nitrogen and oxygen atoms in total. The second-order valence-corrected chi connectivity index (χ2v) is 12.8. The van der Waals surface area contributed by atoms with Crippen molar-refractivity contribution in [2.45, 2.75) is 64.0 Å². The average molecular weight is 640 g/mol. The van der Waals surface area contributed by atoms with Gasteiger partial charge in [0.15, 0.2) is 11.2 Å². The van der Waals surface area contributed by atoms with E-state index in [9.17, 15) is 19.2 Å². The van der Waals surface area contributed by atoms with Gasteiger partial charge in [-0.05, 0) is 79.5 Å². The van der Waals surface area contributed by atoms with Crippen LogP contribution in [0.25, 0.3) is 11.0 Å². The molecule has 1 aromatic heterocycles. The van der Waals surface area contributed by atoms with Crippen LogP contribution in [0.3, 0.4) is 0 Å². The highest BCUT2D eigenvalue weighted by molar-refractivity contribution is 6.30. The van der Waals surface area contributed by atoms with E-state index in [0.29, 0.717) is 42.0 Å². The first-order valence-electron chi connectivity index (χ1n) is 16.0. The molecule has 9 heteroatoms. The van der Waals surface area contributed by atoms with E-state index in [1.165, 1.54) is 17.2 Å². The van der Waals surface area contributed by atoms with Gasteiger partial charge in [0.1, 0.15) is 11.6 Å². The van der Waals surface area contributed by atoms with E-state index in [1.807, 2.05) is 47.1 Å². The lowest BCUT2D eigenvalue weighted by molar-refractivity contribution is -0.135. The first kappa shape index (κ1) is 31.5. The van der Waals surface area contributed by atoms with Crippen molar-refractivity contribution in [3.8, 4) is 0 Å². The second kappa shape index (κ2) is 13.9. The highest BCUT2D eigenvalue weighted by atomic mass is 35.5. The summed E-state index contributed by atoms with van der Waals surface area (Å²) in [7, 11) is 0. The number of fused-ring (bicyclic) bond motifs is 1. The third-order valence-corrected chi connectivity index (χ3v) is 9.40. The van der Waals surface area contributed by atoms with Gasteiger partial charge in [0.25, 0.3) is 5.91 Å². The molecule has 0 unspecified atom stereocenters. The number of nitrogens with zero attached hydrogens (tertiary/aromatic N) is 2. The van der Waals surface area contributed by atoms with Gasteiger partial charge in [-0.2, -0.15) is 0 Å². The number of nitrogens with one attached hydrogen (secondary N) is 1. The number of halogens is 1. The number of rotatable bonds is 8. The molecule has 2 saturated heterocycles. The summed E-state index contributed by atoms with van der Waals surface area (Å²) in [5, 5.41) is 3.84. The van der Waals surface area contributed by atoms with Gasteiger partial charge in [0.05, 0.1) is 5.39 Å². The van der Waals surface area contributed by atoms with Gasteiger partial charge in [0.2, 0.25) is 11.8 Å². The Labute approximate surface area is 273 Å². The van der Waals surface area contributed by atoms with Crippen LogP contribution < -0.4 is 10.7 Å². The highest BCUT2D eigenvalue weighted by Crippen LogP contribution is 2.32. The third kappa shape index (κ3) is 7.18. The molecule has 2 fully saturated rings. The zero-order chi connectivity index (χ0) is 32.2. The zero-order valence-electron chi connectivity index (χ0n) is 26.0. The highest BCUT2D eigenvalue weighted by Gasteiger charge is 2.32. The van der Waals surface area contributed by atoms with Crippen LogP contribution in [-0.4, -0.2) is 53.2 Å². The van der Waals surface area contributed by atoms with Crippen molar-refractivity contribution in [2.75, 3.05) is 19.6 Å². The van der Waals surface area contributed by atoms with Crippen molar-refractivity contribution in [1.29, 1.82) is 0 Å². The molecular weight excluding hydrogens is 602 g/mol. The average Bonchev–Trinajstić information content (AvgIpc) is 3.06. The van der Waals surface area contributed by atoms with E-state index in [2.05, 4.69) is 17.4 Å². The Morgan fingerprint density at radius 1 is 0.957 bits per heavy atom. The van der Waals surface area contributed by atoms with Crippen molar-refractivity contribution < 1.29 is 18.8 Å². The molecule has 46 heavy (non-hydrogen) atoms. The van der Waals surface area contributed by atoms with E-state index in [1.54, 1.807) is 24.3 Å². The molecule has 0 bridgehead atoms. The van der Waals surface area contributed by atoms with Gasteiger partial charge in [-0.3, -0.25) is 19.2 Å². The van der Waals surface area contributed by atoms with Crippen molar-refractivity contribution in [3.63, 3.8) is 0 Å². The molecule has 238 valence electrons. The molecule has 0 saturated carbocycles. The largest absolute Gasteiger partial charge is 0.451 e. The lowest BCUT2D eigenvalue weighted by Gasteiger charge is -2.36. The Bertz CT molecular complexity index is 1810. The number of carbonyl (C=O) groups excluding carboxylic acids is 3. The predicted molar refractivity (Wildman–Crippen MR) is 178 cm³/mol. The molecule has 6 rings (SSSR count). The molecule has 3 aromatic carbocycles.